The van der Waals surface area contributed by atoms with Crippen molar-refractivity contribution in [1.82, 2.24) is 14.6 Å². The van der Waals surface area contributed by atoms with Gasteiger partial charge < -0.3 is 19.9 Å². The predicted octanol–water partition coefficient (Wildman–Crippen LogP) is 5.46. The van der Waals surface area contributed by atoms with E-state index in [0.29, 0.717) is 24.8 Å². The molecule has 0 fully saturated rings. The van der Waals surface area contributed by atoms with Crippen molar-refractivity contribution < 1.29 is 31.1 Å². The van der Waals surface area contributed by atoms with Crippen molar-refractivity contribution in [1.29, 1.82) is 0 Å². The van der Waals surface area contributed by atoms with Crippen LogP contribution in [0.5, 0.6) is 11.5 Å². The van der Waals surface area contributed by atoms with Crippen molar-refractivity contribution in [3.05, 3.63) is 84.1 Å². The molecule has 12 heteroatoms. The molecular formula is C27H27F3N4O4S. The largest absolute Gasteiger partial charge is 0.457 e. The number of ether oxygens (including phenoxy) is 1. The SMILES string of the molecule is CN(C)CCCNc1ccc(S(=O)(=O)NC(=O)c2ccccc2Oc2ccc3[nH]ccc3c2)cc1C(F)(F)F. The molecule has 4 aromatic rings. The molecular weight excluding hydrogens is 533 g/mol. The summed E-state index contributed by atoms with van der Waals surface area (Å²) in [5.41, 5.74) is -0.617. The number of benzene rings is 3. The Morgan fingerprint density at radius 2 is 1.79 bits per heavy atom. The first-order valence-corrected chi connectivity index (χ1v) is 13.4. The Balaban J connectivity index is 1.55. The fourth-order valence-corrected chi connectivity index (χ4v) is 4.89. The van der Waals surface area contributed by atoms with Gasteiger partial charge in [-0.1, -0.05) is 12.1 Å². The highest BCUT2D eigenvalue weighted by atomic mass is 32.2. The van der Waals surface area contributed by atoms with Gasteiger partial charge in [0, 0.05) is 29.3 Å². The van der Waals surface area contributed by atoms with Gasteiger partial charge in [-0.25, -0.2) is 13.1 Å². The second-order valence-corrected chi connectivity index (χ2v) is 10.7. The molecule has 206 valence electrons. The van der Waals surface area contributed by atoms with Crippen LogP contribution in [0.4, 0.5) is 18.9 Å². The number of carbonyl (C=O) groups is 1. The second-order valence-electron chi connectivity index (χ2n) is 9.05. The van der Waals surface area contributed by atoms with Crippen LogP contribution in [-0.4, -0.2) is 51.4 Å². The molecule has 39 heavy (non-hydrogen) atoms. The minimum Gasteiger partial charge on any atom is -0.457 e. The number of aromatic amines is 1. The van der Waals surface area contributed by atoms with E-state index in [1.807, 2.05) is 29.8 Å². The van der Waals surface area contributed by atoms with Crippen LogP contribution in [0.25, 0.3) is 10.9 Å². The van der Waals surface area contributed by atoms with Gasteiger partial charge in [0.05, 0.1) is 16.0 Å². The van der Waals surface area contributed by atoms with Gasteiger partial charge in [-0.2, -0.15) is 13.2 Å². The molecule has 8 nitrogen and oxygen atoms in total. The summed E-state index contributed by atoms with van der Waals surface area (Å²) in [6.07, 6.45) is -2.47. The van der Waals surface area contributed by atoms with Gasteiger partial charge in [0.15, 0.2) is 0 Å². The zero-order valence-electron chi connectivity index (χ0n) is 21.2. The van der Waals surface area contributed by atoms with Gasteiger partial charge in [0.2, 0.25) is 0 Å². The number of alkyl halides is 3. The maximum Gasteiger partial charge on any atom is 0.418 e. The lowest BCUT2D eigenvalue weighted by atomic mass is 10.1. The lowest BCUT2D eigenvalue weighted by Gasteiger charge is -2.17. The number of para-hydroxylation sites is 1. The van der Waals surface area contributed by atoms with E-state index in [-0.39, 0.29) is 23.5 Å². The van der Waals surface area contributed by atoms with Crippen molar-refractivity contribution in [2.45, 2.75) is 17.5 Å². The topological polar surface area (TPSA) is 104 Å². The molecule has 0 aliphatic carbocycles. The Kier molecular flexibility index (Phi) is 8.17. The molecule has 0 saturated heterocycles. The number of halogens is 3. The number of hydrogen-bond donors (Lipinski definition) is 3. The molecule has 0 unspecified atom stereocenters. The lowest BCUT2D eigenvalue weighted by molar-refractivity contribution is -0.137. The van der Waals surface area contributed by atoms with Crippen molar-refractivity contribution in [3.8, 4) is 11.5 Å². The predicted molar refractivity (Wildman–Crippen MR) is 143 cm³/mol. The van der Waals surface area contributed by atoms with Crippen LogP contribution in [0.3, 0.4) is 0 Å². The Labute approximate surface area is 223 Å². The number of hydrogen-bond acceptors (Lipinski definition) is 6. The van der Waals surface area contributed by atoms with E-state index in [2.05, 4.69) is 10.3 Å². The number of amides is 1. The van der Waals surface area contributed by atoms with Gasteiger partial charge in [-0.3, -0.25) is 4.79 Å². The normalized spacial score (nSPS) is 12.1. The van der Waals surface area contributed by atoms with Gasteiger partial charge in [0.25, 0.3) is 15.9 Å². The molecule has 3 aromatic carbocycles. The summed E-state index contributed by atoms with van der Waals surface area (Å²) in [5, 5.41) is 3.58. The number of H-pyrrole nitrogens is 1. The number of nitrogens with zero attached hydrogens (tertiary/aromatic N) is 1. The monoisotopic (exact) mass is 560 g/mol. The van der Waals surface area contributed by atoms with Crippen molar-refractivity contribution in [3.63, 3.8) is 0 Å². The van der Waals surface area contributed by atoms with E-state index in [1.54, 1.807) is 30.5 Å². The minimum atomic E-state index is -4.82. The van der Waals surface area contributed by atoms with Gasteiger partial charge >= 0.3 is 6.18 Å². The van der Waals surface area contributed by atoms with Crippen molar-refractivity contribution >= 4 is 32.5 Å². The lowest BCUT2D eigenvalue weighted by Crippen LogP contribution is -2.31. The van der Waals surface area contributed by atoms with E-state index in [9.17, 15) is 26.4 Å². The molecule has 0 saturated carbocycles. The van der Waals surface area contributed by atoms with E-state index in [4.69, 9.17) is 4.74 Å². The highest BCUT2D eigenvalue weighted by molar-refractivity contribution is 7.90. The summed E-state index contributed by atoms with van der Waals surface area (Å²) in [7, 11) is -0.950. The Bertz CT molecular complexity index is 1580. The number of nitrogens with one attached hydrogen (secondary N) is 3. The number of fused-ring (bicyclic) bond motifs is 1. The third kappa shape index (κ3) is 6.89. The molecule has 0 atom stereocenters. The molecule has 0 bridgehead atoms. The molecule has 1 aromatic heterocycles. The van der Waals surface area contributed by atoms with E-state index in [0.717, 1.165) is 23.0 Å². The first-order chi connectivity index (χ1) is 18.4. The second kappa shape index (κ2) is 11.4. The standard InChI is InChI=1S/C27H27F3N4O4S/c1-34(2)15-5-13-31-24-11-9-20(17-22(24)27(28,29)30)39(36,37)33-26(35)21-6-3-4-7-25(21)38-19-8-10-23-18(16-19)12-14-32-23/h3-4,6-12,14,16-17,31-32H,5,13,15H2,1-2H3,(H,33,35). The molecule has 1 heterocycles. The van der Waals surface area contributed by atoms with Gasteiger partial charge in [0.1, 0.15) is 11.5 Å². The first-order valence-electron chi connectivity index (χ1n) is 11.9. The third-order valence-corrected chi connectivity index (χ3v) is 7.14. The number of rotatable bonds is 10. The highest BCUT2D eigenvalue weighted by Gasteiger charge is 2.35. The van der Waals surface area contributed by atoms with Crippen LogP contribution in [0, 0.1) is 0 Å². The Morgan fingerprint density at radius 1 is 1.03 bits per heavy atom. The number of carbonyl (C=O) groups excluding carboxylic acids is 1. The number of sulfonamides is 1. The Morgan fingerprint density at radius 3 is 2.54 bits per heavy atom. The van der Waals surface area contributed by atoms with Crippen LogP contribution in [0.1, 0.15) is 22.3 Å². The fraction of sp³-hybridized carbons (Fsp3) is 0.222. The average Bonchev–Trinajstić information content (AvgIpc) is 3.34. The summed E-state index contributed by atoms with van der Waals surface area (Å²) in [4.78, 5) is 17.2. The van der Waals surface area contributed by atoms with E-state index in [1.165, 1.54) is 18.2 Å². The van der Waals surface area contributed by atoms with Gasteiger partial charge in [-0.15, -0.1) is 0 Å². The maximum atomic E-state index is 13.8. The molecule has 1 amide bonds. The minimum absolute atomic E-state index is 0.0772. The molecule has 3 N–H and O–H groups in total. The van der Waals surface area contributed by atoms with Crippen LogP contribution in [0.2, 0.25) is 0 Å². The smallest absolute Gasteiger partial charge is 0.418 e. The first kappa shape index (κ1) is 28.0. The quantitative estimate of drug-likeness (QED) is 0.223. The summed E-state index contributed by atoms with van der Waals surface area (Å²) >= 11 is 0. The highest BCUT2D eigenvalue weighted by Crippen LogP contribution is 2.36. The number of aromatic nitrogens is 1. The van der Waals surface area contributed by atoms with E-state index < -0.39 is 32.6 Å². The number of anilines is 1. The van der Waals surface area contributed by atoms with Crippen LogP contribution < -0.4 is 14.8 Å². The molecule has 0 radical (unpaired) electrons. The van der Waals surface area contributed by atoms with Crippen LogP contribution in [0.15, 0.2) is 77.8 Å². The van der Waals surface area contributed by atoms with Crippen LogP contribution in [-0.2, 0) is 16.2 Å². The molecule has 4 rings (SSSR count). The zero-order valence-corrected chi connectivity index (χ0v) is 22.0. The van der Waals surface area contributed by atoms with Gasteiger partial charge in [-0.05, 0) is 81.7 Å². The van der Waals surface area contributed by atoms with Crippen molar-refractivity contribution in [2.75, 3.05) is 32.5 Å². The fourth-order valence-electron chi connectivity index (χ4n) is 3.90. The van der Waals surface area contributed by atoms with Crippen LogP contribution >= 0.6 is 0 Å². The summed E-state index contributed by atoms with van der Waals surface area (Å²) in [5.74, 6) is -0.560. The molecule has 0 aliphatic heterocycles. The summed E-state index contributed by atoms with van der Waals surface area (Å²) in [6, 6.07) is 15.6. The molecule has 0 aliphatic rings. The summed E-state index contributed by atoms with van der Waals surface area (Å²) in [6.45, 7) is 0.927. The average molecular weight is 561 g/mol. The molecule has 0 spiro atoms. The van der Waals surface area contributed by atoms with E-state index >= 15 is 0 Å². The third-order valence-electron chi connectivity index (χ3n) is 5.82. The Hall–Kier alpha value is -4.03. The zero-order chi connectivity index (χ0) is 28.2. The summed E-state index contributed by atoms with van der Waals surface area (Å²) < 4.78 is 74.9. The maximum absolute atomic E-state index is 13.8. The van der Waals surface area contributed by atoms with Crippen molar-refractivity contribution in [2.24, 2.45) is 0 Å².